The first kappa shape index (κ1) is 16.3. The molecule has 26 heavy (non-hydrogen) atoms. The predicted octanol–water partition coefficient (Wildman–Crippen LogP) is 3.80. The highest BCUT2D eigenvalue weighted by Gasteiger charge is 2.17. The van der Waals surface area contributed by atoms with Crippen molar-refractivity contribution in [2.45, 2.75) is 6.54 Å². The Balaban J connectivity index is 1.54. The lowest BCUT2D eigenvalue weighted by Crippen LogP contribution is -2.13. The molecule has 2 aromatic carbocycles. The van der Waals surface area contributed by atoms with E-state index in [4.69, 9.17) is 4.74 Å². The summed E-state index contributed by atoms with van der Waals surface area (Å²) in [7, 11) is 1.60. The molecule has 0 atom stereocenters. The van der Waals surface area contributed by atoms with Gasteiger partial charge in [0.05, 0.1) is 19.2 Å². The largest absolute Gasteiger partial charge is 0.496 e. The lowest BCUT2D eigenvalue weighted by Gasteiger charge is -2.04. The number of hydrogen-bond acceptors (Lipinski definition) is 5. The molecule has 4 rings (SSSR count). The van der Waals surface area contributed by atoms with E-state index < -0.39 is 0 Å². The van der Waals surface area contributed by atoms with Crippen LogP contribution >= 0.6 is 11.3 Å². The molecule has 0 radical (unpaired) electrons. The Morgan fingerprint density at radius 2 is 2.04 bits per heavy atom. The van der Waals surface area contributed by atoms with Gasteiger partial charge in [-0.1, -0.05) is 36.4 Å². The van der Waals surface area contributed by atoms with Crippen LogP contribution in [0.3, 0.4) is 0 Å². The molecule has 1 N–H and O–H groups in total. The summed E-state index contributed by atoms with van der Waals surface area (Å²) in [4.78, 5) is 16.9. The second-order valence-electron chi connectivity index (χ2n) is 5.69. The number of thiophene rings is 1. The molecule has 0 saturated carbocycles. The molecule has 130 valence electrons. The minimum absolute atomic E-state index is 0.252. The van der Waals surface area contributed by atoms with E-state index in [0.29, 0.717) is 17.9 Å². The number of anilines is 1. The topological polar surface area (TPSA) is 69.0 Å². The molecular formula is C19H16N4O2S. The zero-order chi connectivity index (χ0) is 17.9. The lowest BCUT2D eigenvalue weighted by atomic mass is 10.1. The molecule has 0 aliphatic rings. The van der Waals surface area contributed by atoms with Crippen LogP contribution in [-0.2, 0) is 6.54 Å². The molecule has 6 nitrogen and oxygen atoms in total. The number of rotatable bonds is 5. The van der Waals surface area contributed by atoms with Crippen LogP contribution in [-0.4, -0.2) is 27.8 Å². The summed E-state index contributed by atoms with van der Waals surface area (Å²) in [5.41, 5.74) is 1.67. The zero-order valence-electron chi connectivity index (χ0n) is 14.0. The van der Waals surface area contributed by atoms with E-state index in [9.17, 15) is 4.79 Å². The second kappa shape index (κ2) is 6.97. The lowest BCUT2D eigenvalue weighted by molar-refractivity contribution is 0.102. The van der Waals surface area contributed by atoms with E-state index >= 15 is 0 Å². The number of ether oxygens (including phenoxy) is 1. The van der Waals surface area contributed by atoms with Crippen LogP contribution in [0.25, 0.3) is 10.1 Å². The van der Waals surface area contributed by atoms with E-state index in [1.54, 1.807) is 18.1 Å². The molecule has 2 heterocycles. The number of nitrogens with zero attached hydrogens (tertiary/aromatic N) is 3. The van der Waals surface area contributed by atoms with Crippen LogP contribution in [0.2, 0.25) is 0 Å². The molecule has 2 aromatic heterocycles. The highest BCUT2D eigenvalue weighted by atomic mass is 32.1. The molecule has 7 heteroatoms. The van der Waals surface area contributed by atoms with E-state index in [0.717, 1.165) is 15.6 Å². The number of benzene rings is 2. The number of carbonyl (C=O) groups excluding carboxylic acids is 1. The standard InChI is InChI=1S/C19H16N4O2S/c1-25-15-8-5-9-16-17(15)14(11-26-16)18(24)21-19-20-12-23(22-19)10-13-6-3-2-4-7-13/h2-9,11-12H,10H2,1H3,(H,21,22,24). The van der Waals surface area contributed by atoms with Crippen molar-refractivity contribution in [1.29, 1.82) is 0 Å². The van der Waals surface area contributed by atoms with Gasteiger partial charge in [0.1, 0.15) is 12.1 Å². The summed E-state index contributed by atoms with van der Waals surface area (Å²) >= 11 is 1.50. The van der Waals surface area contributed by atoms with E-state index in [-0.39, 0.29) is 11.9 Å². The number of methoxy groups -OCH3 is 1. The summed E-state index contributed by atoms with van der Waals surface area (Å²) < 4.78 is 8.08. The van der Waals surface area contributed by atoms with Crippen molar-refractivity contribution in [3.05, 3.63) is 71.4 Å². The molecule has 0 unspecified atom stereocenters. The first-order chi connectivity index (χ1) is 12.7. The van der Waals surface area contributed by atoms with Gasteiger partial charge in [-0.2, -0.15) is 0 Å². The van der Waals surface area contributed by atoms with E-state index in [1.807, 2.05) is 53.9 Å². The SMILES string of the molecule is COc1cccc2scc(C(=O)Nc3ncn(Cc4ccccc4)n3)c12. The quantitative estimate of drug-likeness (QED) is 0.585. The Labute approximate surface area is 154 Å². The summed E-state index contributed by atoms with van der Waals surface area (Å²) in [6, 6.07) is 15.7. The molecule has 0 saturated heterocycles. The van der Waals surface area contributed by atoms with Gasteiger partial charge in [0, 0.05) is 15.5 Å². The normalized spacial score (nSPS) is 10.8. The number of fused-ring (bicyclic) bond motifs is 1. The molecule has 0 bridgehead atoms. The Morgan fingerprint density at radius 1 is 1.19 bits per heavy atom. The van der Waals surface area contributed by atoms with E-state index in [1.165, 1.54) is 11.3 Å². The van der Waals surface area contributed by atoms with Crippen molar-refractivity contribution >= 4 is 33.3 Å². The van der Waals surface area contributed by atoms with Gasteiger partial charge in [-0.3, -0.25) is 10.1 Å². The van der Waals surface area contributed by atoms with Crippen LogP contribution < -0.4 is 10.1 Å². The zero-order valence-corrected chi connectivity index (χ0v) is 14.9. The Bertz CT molecular complexity index is 1060. The van der Waals surface area contributed by atoms with Gasteiger partial charge in [0.2, 0.25) is 5.95 Å². The minimum Gasteiger partial charge on any atom is -0.496 e. The van der Waals surface area contributed by atoms with Crippen LogP contribution in [0.1, 0.15) is 15.9 Å². The van der Waals surface area contributed by atoms with Crippen molar-refractivity contribution in [3.63, 3.8) is 0 Å². The van der Waals surface area contributed by atoms with Crippen molar-refractivity contribution in [1.82, 2.24) is 14.8 Å². The smallest absolute Gasteiger partial charge is 0.259 e. The number of nitrogens with one attached hydrogen (secondary N) is 1. The van der Waals surface area contributed by atoms with Crippen molar-refractivity contribution in [3.8, 4) is 5.75 Å². The Morgan fingerprint density at radius 3 is 2.85 bits per heavy atom. The predicted molar refractivity (Wildman–Crippen MR) is 102 cm³/mol. The first-order valence-electron chi connectivity index (χ1n) is 8.03. The highest BCUT2D eigenvalue weighted by Crippen LogP contribution is 2.33. The third kappa shape index (κ3) is 3.16. The summed E-state index contributed by atoms with van der Waals surface area (Å²) in [5.74, 6) is 0.704. The molecule has 0 spiro atoms. The van der Waals surface area contributed by atoms with Crippen molar-refractivity contribution in [2.75, 3.05) is 12.4 Å². The number of aromatic nitrogens is 3. The third-order valence-corrected chi connectivity index (χ3v) is 4.92. The van der Waals surface area contributed by atoms with Gasteiger partial charge in [0.25, 0.3) is 5.91 Å². The monoisotopic (exact) mass is 364 g/mol. The van der Waals surface area contributed by atoms with Crippen LogP contribution in [0.15, 0.2) is 60.2 Å². The van der Waals surface area contributed by atoms with Gasteiger partial charge in [-0.05, 0) is 17.7 Å². The van der Waals surface area contributed by atoms with Crippen LogP contribution in [0, 0.1) is 0 Å². The van der Waals surface area contributed by atoms with Crippen LogP contribution in [0.5, 0.6) is 5.75 Å². The summed E-state index contributed by atoms with van der Waals surface area (Å²) in [6.07, 6.45) is 1.61. The Hall–Kier alpha value is -3.19. The summed E-state index contributed by atoms with van der Waals surface area (Å²) in [6.45, 7) is 0.596. The van der Waals surface area contributed by atoms with Crippen LogP contribution in [0.4, 0.5) is 5.95 Å². The maximum absolute atomic E-state index is 12.7. The van der Waals surface area contributed by atoms with Gasteiger partial charge >= 0.3 is 0 Å². The number of amides is 1. The van der Waals surface area contributed by atoms with Gasteiger partial charge in [-0.25, -0.2) is 9.67 Å². The minimum atomic E-state index is -0.252. The van der Waals surface area contributed by atoms with Gasteiger partial charge < -0.3 is 4.74 Å². The van der Waals surface area contributed by atoms with Crippen molar-refractivity contribution in [2.24, 2.45) is 0 Å². The first-order valence-corrected chi connectivity index (χ1v) is 8.91. The highest BCUT2D eigenvalue weighted by molar-refractivity contribution is 7.17. The maximum Gasteiger partial charge on any atom is 0.259 e. The van der Waals surface area contributed by atoms with Gasteiger partial charge in [-0.15, -0.1) is 16.4 Å². The Kier molecular flexibility index (Phi) is 4.37. The third-order valence-electron chi connectivity index (χ3n) is 3.97. The van der Waals surface area contributed by atoms with Gasteiger partial charge in [0.15, 0.2) is 0 Å². The number of carbonyl (C=O) groups is 1. The maximum atomic E-state index is 12.7. The molecule has 4 aromatic rings. The van der Waals surface area contributed by atoms with E-state index in [2.05, 4.69) is 15.4 Å². The van der Waals surface area contributed by atoms with Crippen molar-refractivity contribution < 1.29 is 9.53 Å². The second-order valence-corrected chi connectivity index (χ2v) is 6.60. The average molecular weight is 364 g/mol. The fourth-order valence-corrected chi connectivity index (χ4v) is 3.72. The summed E-state index contributed by atoms with van der Waals surface area (Å²) in [5, 5.41) is 9.72. The fourth-order valence-electron chi connectivity index (χ4n) is 2.76. The molecular weight excluding hydrogens is 348 g/mol. The molecule has 0 aliphatic heterocycles. The molecule has 0 fully saturated rings. The fraction of sp³-hybridized carbons (Fsp3) is 0.105. The average Bonchev–Trinajstić information content (AvgIpc) is 3.29. The molecule has 1 amide bonds. The molecule has 0 aliphatic carbocycles. The number of hydrogen-bond donors (Lipinski definition) is 1.